The molecule has 8 heteroatoms. The number of carbonyl (C=O) groups is 1. The smallest absolute Gasteiger partial charge is 0.265 e. The Kier molecular flexibility index (Phi) is 5.08. The Labute approximate surface area is 166 Å². The van der Waals surface area contributed by atoms with Crippen LogP contribution in [0.2, 0.25) is 5.02 Å². The third-order valence-electron chi connectivity index (χ3n) is 4.56. The molecule has 1 N–H and O–H groups in total. The van der Waals surface area contributed by atoms with Crippen LogP contribution in [0.25, 0.3) is 10.2 Å². The van der Waals surface area contributed by atoms with E-state index in [0.717, 1.165) is 35.4 Å². The second kappa shape index (κ2) is 7.50. The molecule has 1 amide bonds. The molecule has 1 aliphatic rings. The molecule has 27 heavy (non-hydrogen) atoms. The molecular formula is C19H20ClN3O3S. The van der Waals surface area contributed by atoms with Gasteiger partial charge in [0.05, 0.1) is 22.4 Å². The highest BCUT2D eigenvalue weighted by Crippen LogP contribution is 2.32. The van der Waals surface area contributed by atoms with Crippen molar-refractivity contribution in [1.29, 1.82) is 0 Å². The first-order chi connectivity index (χ1) is 13.0. The molecule has 1 aromatic carbocycles. The maximum atomic E-state index is 12.8. The number of hydrogen-bond acceptors (Lipinski definition) is 5. The van der Waals surface area contributed by atoms with E-state index in [0.29, 0.717) is 27.9 Å². The fraction of sp³-hybridized carbons (Fsp3) is 0.368. The van der Waals surface area contributed by atoms with Crippen molar-refractivity contribution in [2.24, 2.45) is 7.05 Å². The summed E-state index contributed by atoms with van der Waals surface area (Å²) in [6.45, 7) is 3.17. The highest BCUT2D eigenvalue weighted by Gasteiger charge is 2.19. The van der Waals surface area contributed by atoms with Crippen molar-refractivity contribution in [2.75, 3.05) is 18.5 Å². The van der Waals surface area contributed by atoms with Gasteiger partial charge in [-0.2, -0.15) is 5.10 Å². The van der Waals surface area contributed by atoms with Gasteiger partial charge in [0.2, 0.25) is 0 Å². The summed E-state index contributed by atoms with van der Waals surface area (Å²) in [4.78, 5) is 14.4. The number of halogens is 1. The van der Waals surface area contributed by atoms with Crippen molar-refractivity contribution in [1.82, 2.24) is 9.78 Å². The normalized spacial score (nSPS) is 16.8. The quantitative estimate of drug-likeness (QED) is 0.683. The van der Waals surface area contributed by atoms with Crippen LogP contribution >= 0.6 is 22.9 Å². The largest absolute Gasteiger partial charge is 0.489 e. The van der Waals surface area contributed by atoms with Crippen LogP contribution < -0.4 is 10.1 Å². The van der Waals surface area contributed by atoms with Gasteiger partial charge in [0.1, 0.15) is 17.2 Å². The second-order valence-electron chi connectivity index (χ2n) is 6.58. The van der Waals surface area contributed by atoms with Crippen LogP contribution in [-0.2, 0) is 11.8 Å². The molecular weight excluding hydrogens is 386 g/mol. The number of fused-ring (bicyclic) bond motifs is 1. The van der Waals surface area contributed by atoms with E-state index in [1.54, 1.807) is 22.9 Å². The summed E-state index contributed by atoms with van der Waals surface area (Å²) < 4.78 is 13.3. The monoisotopic (exact) mass is 405 g/mol. The van der Waals surface area contributed by atoms with Gasteiger partial charge < -0.3 is 14.8 Å². The Hall–Kier alpha value is -2.09. The van der Waals surface area contributed by atoms with Crippen molar-refractivity contribution in [2.45, 2.75) is 25.9 Å². The van der Waals surface area contributed by atoms with Crippen LogP contribution in [0.3, 0.4) is 0 Å². The van der Waals surface area contributed by atoms with Gasteiger partial charge >= 0.3 is 0 Å². The summed E-state index contributed by atoms with van der Waals surface area (Å²) in [5.41, 5.74) is 1.46. The summed E-state index contributed by atoms with van der Waals surface area (Å²) in [7, 11) is 1.88. The third kappa shape index (κ3) is 3.81. The maximum absolute atomic E-state index is 12.8. The molecule has 1 fully saturated rings. The highest BCUT2D eigenvalue weighted by molar-refractivity contribution is 7.20. The number of amides is 1. The average Bonchev–Trinajstić information content (AvgIpc) is 3.35. The molecule has 6 nitrogen and oxygen atoms in total. The van der Waals surface area contributed by atoms with Crippen LogP contribution in [-0.4, -0.2) is 35.0 Å². The zero-order chi connectivity index (χ0) is 19.0. The molecule has 1 saturated heterocycles. The van der Waals surface area contributed by atoms with Gasteiger partial charge in [0.15, 0.2) is 0 Å². The van der Waals surface area contributed by atoms with Crippen molar-refractivity contribution in [3.63, 3.8) is 0 Å². The number of anilines is 1. The lowest BCUT2D eigenvalue weighted by molar-refractivity contribution is 0.0682. The zero-order valence-electron chi connectivity index (χ0n) is 15.1. The Bertz CT molecular complexity index is 957. The summed E-state index contributed by atoms with van der Waals surface area (Å²) in [5, 5.41) is 8.82. The van der Waals surface area contributed by atoms with E-state index >= 15 is 0 Å². The highest BCUT2D eigenvalue weighted by atomic mass is 35.5. The molecule has 142 valence electrons. The summed E-state index contributed by atoms with van der Waals surface area (Å²) >= 11 is 7.53. The van der Waals surface area contributed by atoms with Gasteiger partial charge in [-0.15, -0.1) is 11.3 Å². The van der Waals surface area contributed by atoms with E-state index in [4.69, 9.17) is 21.1 Å². The molecule has 3 aromatic rings. The maximum Gasteiger partial charge on any atom is 0.265 e. The average molecular weight is 406 g/mol. The molecule has 0 bridgehead atoms. The Morgan fingerprint density at radius 2 is 2.33 bits per heavy atom. The number of benzene rings is 1. The van der Waals surface area contributed by atoms with Crippen LogP contribution in [0, 0.1) is 6.92 Å². The number of rotatable bonds is 5. The Balaban J connectivity index is 1.53. The fourth-order valence-corrected chi connectivity index (χ4v) is 4.38. The Morgan fingerprint density at radius 1 is 1.48 bits per heavy atom. The summed E-state index contributed by atoms with van der Waals surface area (Å²) in [6, 6.07) is 7.09. The standard InChI is InChI=1S/C19H20ClN3O3S/c1-11-14-9-17(27-19(14)23(2)22-11)18(24)21-15-8-12(20)5-6-16(15)26-10-13-4-3-7-25-13/h5-6,8-9,13H,3-4,7,10H2,1-2H3,(H,21,24). The van der Waals surface area contributed by atoms with E-state index in [9.17, 15) is 4.79 Å². The summed E-state index contributed by atoms with van der Waals surface area (Å²) in [6.07, 6.45) is 2.14. The van der Waals surface area contributed by atoms with Gasteiger partial charge in [-0.25, -0.2) is 0 Å². The molecule has 1 atom stereocenters. The first-order valence-corrected chi connectivity index (χ1v) is 9.99. The molecule has 3 heterocycles. The van der Waals surface area contributed by atoms with E-state index in [1.165, 1.54) is 11.3 Å². The van der Waals surface area contributed by atoms with Gasteiger partial charge in [0, 0.05) is 24.1 Å². The van der Waals surface area contributed by atoms with Crippen molar-refractivity contribution in [3.05, 3.63) is 39.9 Å². The van der Waals surface area contributed by atoms with E-state index in [1.807, 2.05) is 20.0 Å². The number of ether oxygens (including phenoxy) is 2. The van der Waals surface area contributed by atoms with E-state index < -0.39 is 0 Å². The van der Waals surface area contributed by atoms with E-state index in [2.05, 4.69) is 10.4 Å². The van der Waals surface area contributed by atoms with Crippen LogP contribution in [0.15, 0.2) is 24.3 Å². The minimum absolute atomic E-state index is 0.0994. The number of carbonyl (C=O) groups excluding carboxylic acids is 1. The second-order valence-corrected chi connectivity index (χ2v) is 8.05. The molecule has 0 spiro atoms. The molecule has 4 rings (SSSR count). The zero-order valence-corrected chi connectivity index (χ0v) is 16.7. The predicted molar refractivity (Wildman–Crippen MR) is 107 cm³/mol. The predicted octanol–water partition coefficient (Wildman–Crippen LogP) is 4.41. The van der Waals surface area contributed by atoms with Crippen LogP contribution in [0.1, 0.15) is 28.2 Å². The SMILES string of the molecule is Cc1nn(C)c2sc(C(=O)Nc3cc(Cl)ccc3OCC3CCCO3)cc12. The molecule has 1 unspecified atom stereocenters. The van der Waals surface area contributed by atoms with Crippen LogP contribution in [0.5, 0.6) is 5.75 Å². The minimum atomic E-state index is -0.195. The number of nitrogens with zero attached hydrogens (tertiary/aromatic N) is 2. The van der Waals surface area contributed by atoms with Crippen molar-refractivity contribution < 1.29 is 14.3 Å². The fourth-order valence-electron chi connectivity index (χ4n) is 3.19. The van der Waals surface area contributed by atoms with Crippen LogP contribution in [0.4, 0.5) is 5.69 Å². The molecule has 0 saturated carbocycles. The third-order valence-corrected chi connectivity index (χ3v) is 5.99. The van der Waals surface area contributed by atoms with E-state index in [-0.39, 0.29) is 12.0 Å². The summed E-state index contributed by atoms with van der Waals surface area (Å²) in [5.74, 6) is 0.391. The number of thiophene rings is 1. The van der Waals surface area contributed by atoms with Crippen molar-refractivity contribution >= 4 is 44.7 Å². The Morgan fingerprint density at radius 3 is 3.07 bits per heavy atom. The topological polar surface area (TPSA) is 65.4 Å². The molecule has 2 aromatic heterocycles. The molecule has 0 radical (unpaired) electrons. The minimum Gasteiger partial charge on any atom is -0.489 e. The first-order valence-electron chi connectivity index (χ1n) is 8.79. The number of aryl methyl sites for hydroxylation is 2. The molecule has 1 aliphatic heterocycles. The van der Waals surface area contributed by atoms with Gasteiger partial charge in [-0.05, 0) is 44.0 Å². The van der Waals surface area contributed by atoms with Gasteiger partial charge in [-0.3, -0.25) is 9.48 Å². The molecule has 0 aliphatic carbocycles. The number of aromatic nitrogens is 2. The first kappa shape index (κ1) is 18.3. The lowest BCUT2D eigenvalue weighted by Gasteiger charge is -2.15. The number of hydrogen-bond donors (Lipinski definition) is 1. The van der Waals surface area contributed by atoms with Gasteiger partial charge in [0.25, 0.3) is 5.91 Å². The lowest BCUT2D eigenvalue weighted by Crippen LogP contribution is -2.18. The number of nitrogens with one attached hydrogen (secondary N) is 1. The van der Waals surface area contributed by atoms with Gasteiger partial charge in [-0.1, -0.05) is 11.6 Å². The van der Waals surface area contributed by atoms with Crippen molar-refractivity contribution in [3.8, 4) is 5.75 Å². The lowest BCUT2D eigenvalue weighted by atomic mass is 10.2.